The van der Waals surface area contributed by atoms with E-state index in [1.165, 1.54) is 0 Å². The van der Waals surface area contributed by atoms with Gasteiger partial charge in [0.1, 0.15) is 6.17 Å². The Bertz CT molecular complexity index is 1170. The smallest absolute Gasteiger partial charge is 0.262 e. The second-order valence-electron chi connectivity index (χ2n) is 6.85. The molecule has 1 N–H and O–H groups in total. The molecule has 3 nitrogen and oxygen atoms in total. The van der Waals surface area contributed by atoms with Crippen LogP contribution in [0.15, 0.2) is 95.5 Å². The van der Waals surface area contributed by atoms with Crippen LogP contribution in [0.5, 0.6) is 0 Å². The number of rotatable bonds is 2. The van der Waals surface area contributed by atoms with Gasteiger partial charge in [-0.3, -0.25) is 9.69 Å². The van der Waals surface area contributed by atoms with Crippen LogP contribution in [0.3, 0.4) is 0 Å². The summed E-state index contributed by atoms with van der Waals surface area (Å²) in [6.07, 6.45) is -0.275. The van der Waals surface area contributed by atoms with Gasteiger partial charge in [-0.25, -0.2) is 0 Å². The van der Waals surface area contributed by atoms with Crippen LogP contribution >= 0.6 is 15.9 Å². The Hall–Kier alpha value is -3.11. The van der Waals surface area contributed by atoms with Crippen molar-refractivity contribution in [1.82, 2.24) is 0 Å². The molecule has 1 amide bonds. The largest absolute Gasteiger partial charge is 0.360 e. The quantitative estimate of drug-likeness (QED) is 0.401. The number of hydrogen-bond donors (Lipinski definition) is 1. The van der Waals surface area contributed by atoms with Gasteiger partial charge in [-0.1, -0.05) is 70.5 Å². The second-order valence-corrected chi connectivity index (χ2v) is 7.77. The Morgan fingerprint density at radius 2 is 1.43 bits per heavy atom. The minimum atomic E-state index is -0.275. The normalized spacial score (nSPS) is 16.0. The number of nitrogens with zero attached hydrogens (tertiary/aromatic N) is 1. The molecule has 0 saturated carbocycles. The van der Waals surface area contributed by atoms with Gasteiger partial charge < -0.3 is 5.32 Å². The summed E-state index contributed by atoms with van der Waals surface area (Å²) in [6, 6.07) is 30.1. The van der Waals surface area contributed by atoms with Gasteiger partial charge in [0.15, 0.2) is 0 Å². The molecule has 4 heteroatoms. The van der Waals surface area contributed by atoms with Crippen molar-refractivity contribution in [3.8, 4) is 0 Å². The van der Waals surface area contributed by atoms with Crippen molar-refractivity contribution in [2.24, 2.45) is 0 Å². The van der Waals surface area contributed by atoms with E-state index >= 15 is 0 Å². The zero-order chi connectivity index (χ0) is 19.1. The molecular formula is C24H17BrN2O. The summed E-state index contributed by atoms with van der Waals surface area (Å²) >= 11 is 3.48. The standard InChI is InChI=1S/C24H17BrN2O/c25-19-10-12-20(13-11-19)27-23(16-6-2-1-3-7-16)26-22-15-18-9-5-4-8-17(18)14-21(22)24(27)28/h1-15,23,26H. The molecule has 5 rings (SSSR count). The first-order valence-corrected chi connectivity index (χ1v) is 9.93. The summed E-state index contributed by atoms with van der Waals surface area (Å²) in [5.41, 5.74) is 3.45. The van der Waals surface area contributed by atoms with Crippen LogP contribution in [-0.4, -0.2) is 5.91 Å². The minimum Gasteiger partial charge on any atom is -0.360 e. The molecule has 1 unspecified atom stereocenters. The lowest BCUT2D eigenvalue weighted by Gasteiger charge is -2.38. The van der Waals surface area contributed by atoms with Crippen molar-refractivity contribution in [3.63, 3.8) is 0 Å². The molecule has 28 heavy (non-hydrogen) atoms. The highest BCUT2D eigenvalue weighted by Crippen LogP contribution is 2.38. The molecule has 0 bridgehead atoms. The number of anilines is 2. The fourth-order valence-corrected chi connectivity index (χ4v) is 4.00. The molecule has 0 saturated heterocycles. The van der Waals surface area contributed by atoms with Gasteiger partial charge in [0.25, 0.3) is 5.91 Å². The lowest BCUT2D eigenvalue weighted by atomic mass is 9.99. The fourth-order valence-electron chi connectivity index (χ4n) is 3.73. The third kappa shape index (κ3) is 2.86. The molecule has 0 fully saturated rings. The number of carbonyl (C=O) groups excluding carboxylic acids is 1. The molecule has 0 radical (unpaired) electrons. The summed E-state index contributed by atoms with van der Waals surface area (Å²) in [5, 5.41) is 5.77. The number of halogens is 1. The van der Waals surface area contributed by atoms with Crippen molar-refractivity contribution in [3.05, 3.63) is 107 Å². The predicted molar refractivity (Wildman–Crippen MR) is 118 cm³/mol. The van der Waals surface area contributed by atoms with Crippen LogP contribution < -0.4 is 10.2 Å². The lowest BCUT2D eigenvalue weighted by molar-refractivity contribution is 0.0975. The van der Waals surface area contributed by atoms with Crippen LogP contribution in [-0.2, 0) is 0 Å². The Morgan fingerprint density at radius 1 is 0.786 bits per heavy atom. The highest BCUT2D eigenvalue weighted by molar-refractivity contribution is 9.10. The minimum absolute atomic E-state index is 0.00400. The van der Waals surface area contributed by atoms with Gasteiger partial charge >= 0.3 is 0 Å². The van der Waals surface area contributed by atoms with Crippen LogP contribution in [0.1, 0.15) is 22.1 Å². The third-order valence-electron chi connectivity index (χ3n) is 5.11. The zero-order valence-electron chi connectivity index (χ0n) is 15.0. The highest BCUT2D eigenvalue weighted by Gasteiger charge is 2.34. The zero-order valence-corrected chi connectivity index (χ0v) is 16.6. The van der Waals surface area contributed by atoms with E-state index in [9.17, 15) is 4.79 Å². The monoisotopic (exact) mass is 428 g/mol. The molecule has 1 aliphatic rings. The first kappa shape index (κ1) is 17.0. The van der Waals surface area contributed by atoms with Gasteiger partial charge in [-0.2, -0.15) is 0 Å². The molecule has 136 valence electrons. The first-order chi connectivity index (χ1) is 13.7. The SMILES string of the molecule is O=C1c2cc3ccccc3cc2NC(c2ccccc2)N1c1ccc(Br)cc1. The van der Waals surface area contributed by atoms with Gasteiger partial charge in [-0.15, -0.1) is 0 Å². The summed E-state index contributed by atoms with van der Waals surface area (Å²) in [4.78, 5) is 15.4. The summed E-state index contributed by atoms with van der Waals surface area (Å²) < 4.78 is 0.983. The van der Waals surface area contributed by atoms with Crippen molar-refractivity contribution in [1.29, 1.82) is 0 Å². The van der Waals surface area contributed by atoms with Crippen LogP contribution in [0.25, 0.3) is 10.8 Å². The summed E-state index contributed by atoms with van der Waals surface area (Å²) in [7, 11) is 0. The van der Waals surface area contributed by atoms with Crippen LogP contribution in [0.2, 0.25) is 0 Å². The summed E-state index contributed by atoms with van der Waals surface area (Å²) in [6.45, 7) is 0. The van der Waals surface area contributed by atoms with E-state index in [1.54, 1.807) is 0 Å². The number of hydrogen-bond acceptors (Lipinski definition) is 2. The second kappa shape index (κ2) is 6.80. The third-order valence-corrected chi connectivity index (χ3v) is 5.63. The maximum absolute atomic E-state index is 13.6. The molecule has 4 aromatic rings. The molecule has 4 aromatic carbocycles. The average molecular weight is 429 g/mol. The molecule has 0 aliphatic carbocycles. The van der Waals surface area contributed by atoms with Gasteiger partial charge in [-0.05, 0) is 52.7 Å². The number of nitrogens with one attached hydrogen (secondary N) is 1. The van der Waals surface area contributed by atoms with Crippen LogP contribution in [0.4, 0.5) is 11.4 Å². The Balaban J connectivity index is 1.70. The molecule has 0 spiro atoms. The predicted octanol–water partition coefficient (Wildman–Crippen LogP) is 6.37. The highest BCUT2D eigenvalue weighted by atomic mass is 79.9. The van der Waals surface area contributed by atoms with E-state index in [0.717, 1.165) is 32.2 Å². The van der Waals surface area contributed by atoms with Crippen molar-refractivity contribution >= 4 is 44.0 Å². The number of amides is 1. The van der Waals surface area contributed by atoms with E-state index in [4.69, 9.17) is 0 Å². The Labute approximate surface area is 171 Å². The average Bonchev–Trinajstić information content (AvgIpc) is 2.74. The van der Waals surface area contributed by atoms with E-state index in [1.807, 2.05) is 83.8 Å². The van der Waals surface area contributed by atoms with Crippen molar-refractivity contribution in [2.45, 2.75) is 6.17 Å². The van der Waals surface area contributed by atoms with Gasteiger partial charge in [0.2, 0.25) is 0 Å². The molecular weight excluding hydrogens is 412 g/mol. The molecule has 1 atom stereocenters. The van der Waals surface area contributed by atoms with E-state index in [0.29, 0.717) is 5.56 Å². The lowest BCUT2D eigenvalue weighted by Crippen LogP contribution is -2.43. The molecule has 1 aliphatic heterocycles. The van der Waals surface area contributed by atoms with Crippen LogP contribution in [0, 0.1) is 0 Å². The fraction of sp³-hybridized carbons (Fsp3) is 0.0417. The van der Waals surface area contributed by atoms with Gasteiger partial charge in [0.05, 0.1) is 5.56 Å². The van der Waals surface area contributed by atoms with E-state index in [2.05, 4.69) is 33.4 Å². The maximum Gasteiger partial charge on any atom is 0.262 e. The topological polar surface area (TPSA) is 32.3 Å². The van der Waals surface area contributed by atoms with E-state index in [-0.39, 0.29) is 12.1 Å². The van der Waals surface area contributed by atoms with Crippen molar-refractivity contribution in [2.75, 3.05) is 10.2 Å². The number of benzene rings is 4. The Kier molecular flexibility index (Phi) is 4.14. The Morgan fingerprint density at radius 3 is 2.14 bits per heavy atom. The molecule has 1 heterocycles. The van der Waals surface area contributed by atoms with Crippen molar-refractivity contribution < 1.29 is 4.79 Å². The van der Waals surface area contributed by atoms with E-state index < -0.39 is 0 Å². The molecule has 0 aromatic heterocycles. The number of carbonyl (C=O) groups is 1. The maximum atomic E-state index is 13.6. The number of fused-ring (bicyclic) bond motifs is 2. The van der Waals surface area contributed by atoms with Gasteiger partial charge in [0, 0.05) is 15.8 Å². The first-order valence-electron chi connectivity index (χ1n) is 9.14. The summed E-state index contributed by atoms with van der Waals surface area (Å²) in [5.74, 6) is -0.00400.